The van der Waals surface area contributed by atoms with E-state index in [2.05, 4.69) is 5.32 Å². The van der Waals surface area contributed by atoms with Gasteiger partial charge in [-0.15, -0.1) is 0 Å². The Balaban J connectivity index is 1.59. The summed E-state index contributed by atoms with van der Waals surface area (Å²) < 4.78 is 6.88. The highest BCUT2D eigenvalue weighted by atomic mass is 16.5. The SMILES string of the molecule is CC(=O)c1cc(C(=O)OCc2ccc(C(=O)Nc3ccccc3)cc2)n(C)c1. The first-order valence-electron chi connectivity index (χ1n) is 8.74. The predicted molar refractivity (Wildman–Crippen MR) is 105 cm³/mol. The molecule has 0 aliphatic heterocycles. The second kappa shape index (κ2) is 8.35. The zero-order chi connectivity index (χ0) is 20.1. The van der Waals surface area contributed by atoms with Crippen LogP contribution < -0.4 is 5.32 Å². The molecule has 28 heavy (non-hydrogen) atoms. The zero-order valence-electron chi connectivity index (χ0n) is 15.6. The Labute approximate surface area is 162 Å². The lowest BCUT2D eigenvalue weighted by molar-refractivity contribution is 0.0461. The topological polar surface area (TPSA) is 77.4 Å². The molecule has 0 saturated carbocycles. The number of hydrogen-bond acceptors (Lipinski definition) is 4. The minimum atomic E-state index is -0.513. The Morgan fingerprint density at radius 2 is 1.64 bits per heavy atom. The average Bonchev–Trinajstić information content (AvgIpc) is 3.09. The number of carbonyl (C=O) groups is 3. The van der Waals surface area contributed by atoms with Crippen molar-refractivity contribution >= 4 is 23.3 Å². The van der Waals surface area contributed by atoms with E-state index in [0.717, 1.165) is 11.3 Å². The standard InChI is InChI=1S/C22H20N2O4/c1-15(25)18-12-20(24(2)13-18)22(27)28-14-16-8-10-17(11-9-16)21(26)23-19-6-4-3-5-7-19/h3-13H,14H2,1-2H3,(H,23,26). The molecule has 0 radical (unpaired) electrons. The van der Waals surface area contributed by atoms with Crippen molar-refractivity contribution in [1.82, 2.24) is 4.57 Å². The second-order valence-corrected chi connectivity index (χ2v) is 6.37. The summed E-state index contributed by atoms with van der Waals surface area (Å²) in [5, 5.41) is 2.81. The molecule has 0 aliphatic carbocycles. The number of amides is 1. The molecule has 2 aromatic carbocycles. The van der Waals surface area contributed by atoms with E-state index in [9.17, 15) is 14.4 Å². The molecule has 1 amide bonds. The average molecular weight is 376 g/mol. The maximum absolute atomic E-state index is 12.2. The van der Waals surface area contributed by atoms with E-state index in [4.69, 9.17) is 4.74 Å². The Morgan fingerprint density at radius 1 is 0.964 bits per heavy atom. The lowest BCUT2D eigenvalue weighted by Crippen LogP contribution is -2.12. The predicted octanol–water partition coefficient (Wildman–Crippen LogP) is 3.84. The van der Waals surface area contributed by atoms with Crippen molar-refractivity contribution in [1.29, 1.82) is 0 Å². The largest absolute Gasteiger partial charge is 0.456 e. The van der Waals surface area contributed by atoms with Crippen molar-refractivity contribution in [2.24, 2.45) is 7.05 Å². The number of anilines is 1. The lowest BCUT2D eigenvalue weighted by Gasteiger charge is -2.08. The lowest BCUT2D eigenvalue weighted by atomic mass is 10.1. The molecule has 0 spiro atoms. The summed E-state index contributed by atoms with van der Waals surface area (Å²) in [5.41, 5.74) is 2.75. The number of aryl methyl sites for hydroxylation is 1. The molecule has 6 heteroatoms. The Hall–Kier alpha value is -3.67. The normalized spacial score (nSPS) is 10.4. The van der Waals surface area contributed by atoms with Crippen LogP contribution in [0.25, 0.3) is 0 Å². The van der Waals surface area contributed by atoms with Gasteiger partial charge in [-0.3, -0.25) is 9.59 Å². The Bertz CT molecular complexity index is 1000. The van der Waals surface area contributed by atoms with Gasteiger partial charge in [-0.1, -0.05) is 30.3 Å². The van der Waals surface area contributed by atoms with Crippen LogP contribution in [0.1, 0.15) is 43.7 Å². The van der Waals surface area contributed by atoms with Crippen LogP contribution in [0, 0.1) is 0 Å². The highest BCUT2D eigenvalue weighted by molar-refractivity contribution is 6.04. The van der Waals surface area contributed by atoms with E-state index in [1.165, 1.54) is 13.0 Å². The first kappa shape index (κ1) is 19.1. The number of ketones is 1. The van der Waals surface area contributed by atoms with Crippen LogP contribution in [-0.2, 0) is 18.4 Å². The molecule has 1 aromatic heterocycles. The summed E-state index contributed by atoms with van der Waals surface area (Å²) in [5.74, 6) is -0.838. The van der Waals surface area contributed by atoms with Crippen molar-refractivity contribution in [3.63, 3.8) is 0 Å². The summed E-state index contributed by atoms with van der Waals surface area (Å²) in [6, 6.07) is 17.5. The number of aromatic nitrogens is 1. The number of benzene rings is 2. The van der Waals surface area contributed by atoms with Gasteiger partial charge in [0, 0.05) is 30.1 Å². The molecule has 0 atom stereocenters. The molecule has 142 valence electrons. The van der Waals surface area contributed by atoms with E-state index < -0.39 is 5.97 Å². The highest BCUT2D eigenvalue weighted by Crippen LogP contribution is 2.13. The van der Waals surface area contributed by atoms with Gasteiger partial charge in [0.15, 0.2) is 5.78 Å². The zero-order valence-corrected chi connectivity index (χ0v) is 15.6. The summed E-state index contributed by atoms with van der Waals surface area (Å²) >= 11 is 0. The van der Waals surface area contributed by atoms with Gasteiger partial charge in [-0.05, 0) is 42.8 Å². The molecule has 3 aromatic rings. The highest BCUT2D eigenvalue weighted by Gasteiger charge is 2.15. The number of Topliss-reactive ketones (excluding diaryl/α,β-unsaturated/α-hetero) is 1. The number of nitrogens with one attached hydrogen (secondary N) is 1. The first-order valence-corrected chi connectivity index (χ1v) is 8.74. The molecule has 0 aliphatic rings. The third-order valence-electron chi connectivity index (χ3n) is 4.24. The van der Waals surface area contributed by atoms with Gasteiger partial charge in [-0.25, -0.2) is 4.79 Å². The number of para-hydroxylation sites is 1. The van der Waals surface area contributed by atoms with Crippen LogP contribution >= 0.6 is 0 Å². The van der Waals surface area contributed by atoms with Gasteiger partial charge in [0.25, 0.3) is 5.91 Å². The number of rotatable bonds is 6. The van der Waals surface area contributed by atoms with Crippen LogP contribution in [-0.4, -0.2) is 22.2 Å². The number of hydrogen-bond donors (Lipinski definition) is 1. The van der Waals surface area contributed by atoms with Crippen molar-refractivity contribution in [2.45, 2.75) is 13.5 Å². The molecule has 0 unspecified atom stereocenters. The van der Waals surface area contributed by atoms with E-state index in [1.54, 1.807) is 42.1 Å². The summed E-state index contributed by atoms with van der Waals surface area (Å²) in [7, 11) is 1.68. The molecule has 0 bridgehead atoms. The van der Waals surface area contributed by atoms with Gasteiger partial charge >= 0.3 is 5.97 Å². The quantitative estimate of drug-likeness (QED) is 0.524. The van der Waals surface area contributed by atoms with Gasteiger partial charge in [0.2, 0.25) is 0 Å². The fraction of sp³-hybridized carbons (Fsp3) is 0.136. The van der Waals surface area contributed by atoms with Crippen LogP contribution in [0.3, 0.4) is 0 Å². The Kier molecular flexibility index (Phi) is 5.69. The molecule has 6 nitrogen and oxygen atoms in total. The van der Waals surface area contributed by atoms with Gasteiger partial charge < -0.3 is 14.6 Å². The van der Waals surface area contributed by atoms with E-state index in [-0.39, 0.29) is 18.3 Å². The van der Waals surface area contributed by atoms with Gasteiger partial charge in [0.05, 0.1) is 0 Å². The summed E-state index contributed by atoms with van der Waals surface area (Å²) in [4.78, 5) is 35.9. The molecule has 3 rings (SSSR count). The summed E-state index contributed by atoms with van der Waals surface area (Å²) in [6.07, 6.45) is 1.60. The smallest absolute Gasteiger partial charge is 0.355 e. The number of nitrogens with zero attached hydrogens (tertiary/aromatic N) is 1. The molecule has 0 fully saturated rings. The van der Waals surface area contributed by atoms with Crippen LogP contribution in [0.4, 0.5) is 5.69 Å². The molecular formula is C22H20N2O4. The van der Waals surface area contributed by atoms with Crippen molar-refractivity contribution in [3.05, 3.63) is 89.2 Å². The number of ether oxygens (including phenoxy) is 1. The van der Waals surface area contributed by atoms with Crippen LogP contribution in [0.15, 0.2) is 66.9 Å². The number of carbonyl (C=O) groups excluding carboxylic acids is 3. The molecule has 0 saturated heterocycles. The molecular weight excluding hydrogens is 356 g/mol. The fourth-order valence-electron chi connectivity index (χ4n) is 2.66. The van der Waals surface area contributed by atoms with Crippen molar-refractivity contribution in [3.8, 4) is 0 Å². The maximum Gasteiger partial charge on any atom is 0.355 e. The van der Waals surface area contributed by atoms with E-state index in [0.29, 0.717) is 16.8 Å². The second-order valence-electron chi connectivity index (χ2n) is 6.37. The van der Waals surface area contributed by atoms with Crippen LogP contribution in [0.5, 0.6) is 0 Å². The van der Waals surface area contributed by atoms with Crippen molar-refractivity contribution in [2.75, 3.05) is 5.32 Å². The minimum Gasteiger partial charge on any atom is -0.456 e. The fourth-order valence-corrected chi connectivity index (χ4v) is 2.66. The maximum atomic E-state index is 12.2. The van der Waals surface area contributed by atoms with Crippen LogP contribution in [0.2, 0.25) is 0 Å². The molecule has 1 N–H and O–H groups in total. The monoisotopic (exact) mass is 376 g/mol. The summed E-state index contributed by atoms with van der Waals surface area (Å²) in [6.45, 7) is 1.51. The van der Waals surface area contributed by atoms with E-state index in [1.807, 2.05) is 30.3 Å². The van der Waals surface area contributed by atoms with Crippen molar-refractivity contribution < 1.29 is 19.1 Å². The third kappa shape index (κ3) is 4.54. The Morgan fingerprint density at radius 3 is 2.25 bits per heavy atom. The molecule has 1 heterocycles. The minimum absolute atomic E-state index is 0.0694. The van der Waals surface area contributed by atoms with E-state index >= 15 is 0 Å². The number of esters is 1. The first-order chi connectivity index (χ1) is 13.4. The van der Waals surface area contributed by atoms with Gasteiger partial charge in [-0.2, -0.15) is 0 Å². The van der Waals surface area contributed by atoms with Gasteiger partial charge in [0.1, 0.15) is 12.3 Å². The third-order valence-corrected chi connectivity index (χ3v) is 4.24.